The standard InChI is InChI=1S/C29H35F2N3O3/c1-19-12-23(35)16-34(19)28(36)26-6-4-21(14-27(26)30)25-7-5-24(13-22(25)15-32)37-17-20-8-10-33(11-9-20)18-29(2,3)31/h4-7,13-14,19-20,23,35H,8-12,16-18H2,1-3H3/t19-,23+/m0/s1. The van der Waals surface area contributed by atoms with Crippen LogP contribution >= 0.6 is 0 Å². The Kier molecular flexibility index (Phi) is 8.15. The van der Waals surface area contributed by atoms with E-state index in [2.05, 4.69) is 11.0 Å². The third-order valence-electron chi connectivity index (χ3n) is 7.23. The molecule has 2 aliphatic heterocycles. The van der Waals surface area contributed by atoms with Crippen LogP contribution in [0.5, 0.6) is 5.75 Å². The van der Waals surface area contributed by atoms with Crippen LogP contribution in [0.1, 0.15) is 56.0 Å². The number of hydrogen-bond acceptors (Lipinski definition) is 5. The molecule has 2 fully saturated rings. The molecular weight excluding hydrogens is 476 g/mol. The van der Waals surface area contributed by atoms with Gasteiger partial charge in [0.25, 0.3) is 5.91 Å². The Bertz CT molecular complexity index is 1170. The Morgan fingerprint density at radius 3 is 2.54 bits per heavy atom. The van der Waals surface area contributed by atoms with Crippen LogP contribution in [0.4, 0.5) is 8.78 Å². The van der Waals surface area contributed by atoms with E-state index in [9.17, 15) is 23.9 Å². The van der Waals surface area contributed by atoms with E-state index in [0.29, 0.717) is 47.9 Å². The molecule has 2 aromatic rings. The lowest BCUT2D eigenvalue weighted by Gasteiger charge is -2.34. The number of hydrogen-bond donors (Lipinski definition) is 1. The number of aliphatic hydroxyl groups is 1. The fourth-order valence-corrected chi connectivity index (χ4v) is 5.31. The lowest BCUT2D eigenvalue weighted by atomic mass is 9.96. The Morgan fingerprint density at radius 2 is 1.95 bits per heavy atom. The van der Waals surface area contributed by atoms with Crippen LogP contribution in [-0.4, -0.2) is 71.4 Å². The normalized spacial score (nSPS) is 21.2. The van der Waals surface area contributed by atoms with E-state index in [1.54, 1.807) is 38.1 Å². The van der Waals surface area contributed by atoms with Crippen LogP contribution in [0.15, 0.2) is 36.4 Å². The molecule has 6 nitrogen and oxygen atoms in total. The highest BCUT2D eigenvalue weighted by Gasteiger charge is 2.33. The van der Waals surface area contributed by atoms with Gasteiger partial charge in [0.15, 0.2) is 0 Å². The average Bonchev–Trinajstić information content (AvgIpc) is 3.19. The van der Waals surface area contributed by atoms with Gasteiger partial charge in [-0.2, -0.15) is 5.26 Å². The predicted octanol–water partition coefficient (Wildman–Crippen LogP) is 4.80. The van der Waals surface area contributed by atoms with Gasteiger partial charge in [0.05, 0.1) is 29.9 Å². The highest BCUT2D eigenvalue weighted by molar-refractivity contribution is 5.95. The second-order valence-corrected chi connectivity index (χ2v) is 11.0. The fourth-order valence-electron chi connectivity index (χ4n) is 5.31. The maximum Gasteiger partial charge on any atom is 0.257 e. The molecule has 198 valence electrons. The molecule has 2 atom stereocenters. The van der Waals surface area contributed by atoms with Crippen molar-refractivity contribution in [2.45, 2.75) is 57.8 Å². The molecule has 0 radical (unpaired) electrons. The molecule has 37 heavy (non-hydrogen) atoms. The molecule has 2 heterocycles. The Labute approximate surface area is 217 Å². The molecule has 2 saturated heterocycles. The Balaban J connectivity index is 1.40. The molecule has 4 rings (SSSR count). The topological polar surface area (TPSA) is 76.8 Å². The highest BCUT2D eigenvalue weighted by atomic mass is 19.1. The molecule has 1 N–H and O–H groups in total. The zero-order valence-electron chi connectivity index (χ0n) is 21.7. The van der Waals surface area contributed by atoms with E-state index < -0.39 is 23.5 Å². The van der Waals surface area contributed by atoms with E-state index in [-0.39, 0.29) is 18.2 Å². The Hall–Kier alpha value is -3.02. The van der Waals surface area contributed by atoms with E-state index in [1.807, 2.05) is 6.92 Å². The number of amides is 1. The molecule has 0 spiro atoms. The summed E-state index contributed by atoms with van der Waals surface area (Å²) in [6.07, 6.45) is 1.74. The maximum absolute atomic E-state index is 15.0. The number of alkyl halides is 1. The van der Waals surface area contributed by atoms with Gasteiger partial charge in [-0.1, -0.05) is 6.07 Å². The number of nitrogens with zero attached hydrogens (tertiary/aromatic N) is 3. The second kappa shape index (κ2) is 11.2. The van der Waals surface area contributed by atoms with Crippen molar-refractivity contribution < 1.29 is 23.4 Å². The first-order valence-corrected chi connectivity index (χ1v) is 12.9. The molecule has 0 aliphatic carbocycles. The molecule has 2 aromatic carbocycles. The lowest BCUT2D eigenvalue weighted by Crippen LogP contribution is -2.41. The summed E-state index contributed by atoms with van der Waals surface area (Å²) in [6.45, 7) is 7.85. The van der Waals surface area contributed by atoms with Gasteiger partial charge in [-0.3, -0.25) is 4.79 Å². The fraction of sp³-hybridized carbons (Fsp3) is 0.517. The van der Waals surface area contributed by atoms with Gasteiger partial charge in [0.1, 0.15) is 17.2 Å². The zero-order chi connectivity index (χ0) is 26.7. The van der Waals surface area contributed by atoms with Crippen molar-refractivity contribution in [3.05, 3.63) is 53.3 Å². The van der Waals surface area contributed by atoms with Gasteiger partial charge < -0.3 is 19.6 Å². The number of piperidine rings is 1. The SMILES string of the molecule is C[C@H]1C[C@@H](O)CN1C(=O)c1ccc(-c2ccc(OCC3CCN(CC(C)(C)F)CC3)cc2C#N)cc1F. The second-order valence-electron chi connectivity index (χ2n) is 11.0. The number of ether oxygens (including phenoxy) is 1. The summed E-state index contributed by atoms with van der Waals surface area (Å²) in [5, 5.41) is 19.6. The molecule has 0 aromatic heterocycles. The molecule has 8 heteroatoms. The summed E-state index contributed by atoms with van der Waals surface area (Å²) in [5.74, 6) is -0.177. The number of carbonyl (C=O) groups is 1. The first kappa shape index (κ1) is 27.0. The van der Waals surface area contributed by atoms with Gasteiger partial charge in [0, 0.05) is 19.1 Å². The maximum atomic E-state index is 15.0. The first-order chi connectivity index (χ1) is 17.5. The minimum Gasteiger partial charge on any atom is -0.493 e. The number of benzene rings is 2. The molecule has 0 unspecified atom stereocenters. The van der Waals surface area contributed by atoms with Gasteiger partial charge in [-0.25, -0.2) is 8.78 Å². The summed E-state index contributed by atoms with van der Waals surface area (Å²) >= 11 is 0. The van der Waals surface area contributed by atoms with Crippen molar-refractivity contribution in [2.24, 2.45) is 5.92 Å². The van der Waals surface area contributed by atoms with Crippen LogP contribution < -0.4 is 4.74 Å². The third kappa shape index (κ3) is 6.65. The third-order valence-corrected chi connectivity index (χ3v) is 7.23. The van der Waals surface area contributed by atoms with E-state index in [0.717, 1.165) is 25.9 Å². The van der Waals surface area contributed by atoms with E-state index in [4.69, 9.17) is 4.74 Å². The predicted molar refractivity (Wildman–Crippen MR) is 138 cm³/mol. The minimum atomic E-state index is -1.20. The minimum absolute atomic E-state index is 0.0516. The van der Waals surface area contributed by atoms with Crippen molar-refractivity contribution >= 4 is 5.91 Å². The largest absolute Gasteiger partial charge is 0.493 e. The van der Waals surface area contributed by atoms with Crippen molar-refractivity contribution in [3.8, 4) is 22.9 Å². The number of rotatable bonds is 7. The molecule has 1 amide bonds. The van der Waals surface area contributed by atoms with Crippen molar-refractivity contribution in [3.63, 3.8) is 0 Å². The van der Waals surface area contributed by atoms with Crippen LogP contribution in [0, 0.1) is 23.1 Å². The molecule has 2 aliphatic rings. The Morgan fingerprint density at radius 1 is 1.22 bits per heavy atom. The summed E-state index contributed by atoms with van der Waals surface area (Å²) in [6, 6.07) is 11.5. The smallest absolute Gasteiger partial charge is 0.257 e. The van der Waals surface area contributed by atoms with Crippen LogP contribution in [0.2, 0.25) is 0 Å². The molecule has 0 saturated carbocycles. The number of β-amino-alcohol motifs (C(OH)–C–C–N with tert-alkyl or cyclic N) is 1. The number of aliphatic hydroxyl groups excluding tert-OH is 1. The average molecular weight is 512 g/mol. The van der Waals surface area contributed by atoms with Crippen LogP contribution in [-0.2, 0) is 0 Å². The summed E-state index contributed by atoms with van der Waals surface area (Å²) in [7, 11) is 0. The van der Waals surface area contributed by atoms with E-state index >= 15 is 0 Å². The lowest BCUT2D eigenvalue weighted by molar-refractivity contribution is 0.0721. The monoisotopic (exact) mass is 511 g/mol. The van der Waals surface area contributed by atoms with Gasteiger partial charge in [-0.05, 0) is 100 Å². The van der Waals surface area contributed by atoms with Crippen molar-refractivity contribution in [1.29, 1.82) is 5.26 Å². The van der Waals surface area contributed by atoms with Gasteiger partial charge in [0.2, 0.25) is 0 Å². The quantitative estimate of drug-likeness (QED) is 0.578. The summed E-state index contributed by atoms with van der Waals surface area (Å²) in [5.41, 5.74) is 0.152. The number of carbonyl (C=O) groups excluding carboxylic acids is 1. The summed E-state index contributed by atoms with van der Waals surface area (Å²) in [4.78, 5) is 16.4. The first-order valence-electron chi connectivity index (χ1n) is 12.9. The number of likely N-dealkylation sites (tertiary alicyclic amines) is 2. The van der Waals surface area contributed by atoms with Gasteiger partial charge in [-0.15, -0.1) is 0 Å². The van der Waals surface area contributed by atoms with Crippen molar-refractivity contribution in [1.82, 2.24) is 9.80 Å². The molecule has 0 bridgehead atoms. The highest BCUT2D eigenvalue weighted by Crippen LogP contribution is 2.30. The van der Waals surface area contributed by atoms with Gasteiger partial charge >= 0.3 is 0 Å². The van der Waals surface area contributed by atoms with E-state index in [1.165, 1.54) is 17.0 Å². The zero-order valence-corrected chi connectivity index (χ0v) is 21.7. The van der Waals surface area contributed by atoms with Crippen LogP contribution in [0.3, 0.4) is 0 Å². The number of halogens is 2. The van der Waals surface area contributed by atoms with Crippen molar-refractivity contribution in [2.75, 3.05) is 32.8 Å². The summed E-state index contributed by atoms with van der Waals surface area (Å²) < 4.78 is 34.9. The number of nitriles is 1. The van der Waals surface area contributed by atoms with Crippen LogP contribution in [0.25, 0.3) is 11.1 Å². The molecular formula is C29H35F2N3O3.